The summed E-state index contributed by atoms with van der Waals surface area (Å²) in [6, 6.07) is 19.6. The lowest BCUT2D eigenvalue weighted by atomic mass is 9.95. The lowest BCUT2D eigenvalue weighted by Gasteiger charge is -2.25. The number of rotatable bonds is 5. The van der Waals surface area contributed by atoms with Crippen molar-refractivity contribution in [3.05, 3.63) is 112 Å². The van der Waals surface area contributed by atoms with Gasteiger partial charge in [0.25, 0.3) is 11.7 Å². The molecular weight excluding hydrogens is 499 g/mol. The van der Waals surface area contributed by atoms with E-state index < -0.39 is 23.5 Å². The van der Waals surface area contributed by atoms with E-state index in [9.17, 15) is 19.1 Å². The number of Topliss-reactive ketones (excluding diaryl/α,β-unsaturated/α-hetero) is 1. The Morgan fingerprint density at radius 2 is 1.79 bits per heavy atom. The SMILES string of the molecule is O=C1C(=O)N(CCc2c[nH]c3ccccc23)C(c2cccc(Br)c2)C1=C(O)c1ccc(F)cc1. The molecule has 1 aliphatic heterocycles. The first-order chi connectivity index (χ1) is 16.4. The average Bonchev–Trinajstić information content (AvgIpc) is 3.36. The number of nitrogens with one attached hydrogen (secondary N) is 1. The first kappa shape index (κ1) is 22.1. The van der Waals surface area contributed by atoms with E-state index in [1.807, 2.05) is 54.7 Å². The molecule has 1 unspecified atom stereocenters. The Morgan fingerprint density at radius 3 is 2.56 bits per heavy atom. The second kappa shape index (κ2) is 8.91. The van der Waals surface area contributed by atoms with E-state index in [1.54, 1.807) is 0 Å². The maximum absolute atomic E-state index is 13.4. The van der Waals surface area contributed by atoms with Crippen molar-refractivity contribution in [2.24, 2.45) is 0 Å². The highest BCUT2D eigenvalue weighted by Crippen LogP contribution is 2.40. The van der Waals surface area contributed by atoms with Gasteiger partial charge in [-0.2, -0.15) is 0 Å². The molecule has 4 aromatic rings. The van der Waals surface area contributed by atoms with Crippen LogP contribution in [0.2, 0.25) is 0 Å². The van der Waals surface area contributed by atoms with Crippen molar-refractivity contribution in [1.82, 2.24) is 9.88 Å². The van der Waals surface area contributed by atoms with Crippen molar-refractivity contribution >= 4 is 44.3 Å². The van der Waals surface area contributed by atoms with Crippen molar-refractivity contribution in [2.45, 2.75) is 12.5 Å². The van der Waals surface area contributed by atoms with E-state index in [-0.39, 0.29) is 23.4 Å². The van der Waals surface area contributed by atoms with E-state index in [2.05, 4.69) is 20.9 Å². The number of halogens is 2. The van der Waals surface area contributed by atoms with Gasteiger partial charge in [-0.15, -0.1) is 0 Å². The van der Waals surface area contributed by atoms with E-state index >= 15 is 0 Å². The van der Waals surface area contributed by atoms with E-state index in [1.165, 1.54) is 29.2 Å². The molecule has 1 fully saturated rings. The Morgan fingerprint density at radius 1 is 1.03 bits per heavy atom. The van der Waals surface area contributed by atoms with Gasteiger partial charge >= 0.3 is 0 Å². The summed E-state index contributed by atoms with van der Waals surface area (Å²) in [6.07, 6.45) is 2.44. The van der Waals surface area contributed by atoms with Crippen LogP contribution < -0.4 is 0 Å². The van der Waals surface area contributed by atoms with Crippen LogP contribution in [0.25, 0.3) is 16.7 Å². The number of benzene rings is 3. The number of hydrogen-bond acceptors (Lipinski definition) is 3. The summed E-state index contributed by atoms with van der Waals surface area (Å²) in [6.45, 7) is 0.282. The van der Waals surface area contributed by atoms with Gasteiger partial charge in [0.15, 0.2) is 0 Å². The second-order valence-electron chi connectivity index (χ2n) is 8.16. The number of nitrogens with zero attached hydrogens (tertiary/aromatic N) is 1. The molecule has 1 saturated heterocycles. The van der Waals surface area contributed by atoms with Crippen LogP contribution in [0, 0.1) is 5.82 Å². The fourth-order valence-electron chi connectivity index (χ4n) is 4.48. The summed E-state index contributed by atoms with van der Waals surface area (Å²) in [5.74, 6) is -2.21. The molecule has 3 aromatic carbocycles. The number of aromatic amines is 1. The number of fused-ring (bicyclic) bond motifs is 1. The topological polar surface area (TPSA) is 73.4 Å². The Bertz CT molecular complexity index is 1440. The van der Waals surface area contributed by atoms with E-state index in [0.717, 1.165) is 20.9 Å². The predicted molar refractivity (Wildman–Crippen MR) is 132 cm³/mol. The first-order valence-corrected chi connectivity index (χ1v) is 11.6. The molecule has 1 amide bonds. The molecule has 170 valence electrons. The molecule has 1 aromatic heterocycles. The third-order valence-corrected chi connectivity index (χ3v) is 6.61. The highest BCUT2D eigenvalue weighted by Gasteiger charge is 2.45. The number of para-hydroxylation sites is 1. The lowest BCUT2D eigenvalue weighted by molar-refractivity contribution is -0.139. The molecule has 2 heterocycles. The largest absolute Gasteiger partial charge is 0.507 e. The van der Waals surface area contributed by atoms with Gasteiger partial charge < -0.3 is 15.0 Å². The van der Waals surface area contributed by atoms with Crippen molar-refractivity contribution in [3.63, 3.8) is 0 Å². The van der Waals surface area contributed by atoms with Gasteiger partial charge in [0, 0.05) is 33.7 Å². The number of aromatic nitrogens is 1. The molecule has 0 radical (unpaired) electrons. The van der Waals surface area contributed by atoms with Crippen LogP contribution in [-0.2, 0) is 16.0 Å². The molecule has 5 rings (SSSR count). The van der Waals surface area contributed by atoms with E-state index in [0.29, 0.717) is 12.0 Å². The fraction of sp³-hybridized carbons (Fsp3) is 0.111. The number of ketones is 1. The second-order valence-corrected chi connectivity index (χ2v) is 9.08. The van der Waals surface area contributed by atoms with Crippen molar-refractivity contribution < 1.29 is 19.1 Å². The molecule has 0 aliphatic carbocycles. The van der Waals surface area contributed by atoms with Crippen LogP contribution in [0.4, 0.5) is 4.39 Å². The molecule has 0 bridgehead atoms. The summed E-state index contributed by atoms with van der Waals surface area (Å²) in [5.41, 5.74) is 2.99. The number of hydrogen-bond donors (Lipinski definition) is 2. The Balaban J connectivity index is 1.57. The molecule has 7 heteroatoms. The Kier molecular flexibility index (Phi) is 5.79. The van der Waals surface area contributed by atoms with Gasteiger partial charge in [-0.3, -0.25) is 9.59 Å². The van der Waals surface area contributed by atoms with Gasteiger partial charge in [0.05, 0.1) is 11.6 Å². The smallest absolute Gasteiger partial charge is 0.295 e. The molecule has 1 aliphatic rings. The Labute approximate surface area is 203 Å². The maximum Gasteiger partial charge on any atom is 0.295 e. The van der Waals surface area contributed by atoms with Crippen molar-refractivity contribution in [1.29, 1.82) is 0 Å². The van der Waals surface area contributed by atoms with Crippen molar-refractivity contribution in [2.75, 3.05) is 6.54 Å². The van der Waals surface area contributed by atoms with E-state index in [4.69, 9.17) is 0 Å². The zero-order chi connectivity index (χ0) is 23.8. The van der Waals surface area contributed by atoms with Gasteiger partial charge in [0.1, 0.15) is 11.6 Å². The molecule has 0 saturated carbocycles. The highest BCUT2D eigenvalue weighted by atomic mass is 79.9. The monoisotopic (exact) mass is 518 g/mol. The number of likely N-dealkylation sites (tertiary alicyclic amines) is 1. The lowest BCUT2D eigenvalue weighted by Crippen LogP contribution is -2.31. The number of aliphatic hydroxyl groups excluding tert-OH is 1. The molecule has 34 heavy (non-hydrogen) atoms. The third-order valence-electron chi connectivity index (χ3n) is 6.12. The normalized spacial score (nSPS) is 17.6. The van der Waals surface area contributed by atoms with Gasteiger partial charge in [-0.05, 0) is 60.0 Å². The van der Waals surface area contributed by atoms with Crippen LogP contribution in [0.3, 0.4) is 0 Å². The standard InChI is InChI=1S/C27H20BrFN2O3/c28-19-5-3-4-17(14-19)24-23(25(32)16-8-10-20(29)11-9-16)26(33)27(34)31(24)13-12-18-15-30-22-7-2-1-6-21(18)22/h1-11,14-15,24,30,32H,12-13H2. The molecule has 2 N–H and O–H groups in total. The molecule has 1 atom stereocenters. The fourth-order valence-corrected chi connectivity index (χ4v) is 4.89. The quantitative estimate of drug-likeness (QED) is 0.201. The summed E-state index contributed by atoms with van der Waals surface area (Å²) in [4.78, 5) is 31.0. The summed E-state index contributed by atoms with van der Waals surface area (Å²) in [7, 11) is 0. The summed E-state index contributed by atoms with van der Waals surface area (Å²) >= 11 is 3.45. The molecule has 0 spiro atoms. The zero-order valence-corrected chi connectivity index (χ0v) is 19.5. The third kappa shape index (κ3) is 3.92. The van der Waals surface area contributed by atoms with Gasteiger partial charge in [-0.1, -0.05) is 46.3 Å². The first-order valence-electron chi connectivity index (χ1n) is 10.8. The van der Waals surface area contributed by atoms with Gasteiger partial charge in [0.2, 0.25) is 0 Å². The minimum atomic E-state index is -0.771. The molecular formula is C27H20BrFN2O3. The number of amides is 1. The maximum atomic E-state index is 13.4. The Hall–Kier alpha value is -3.71. The van der Waals surface area contributed by atoms with Crippen LogP contribution in [-0.4, -0.2) is 33.2 Å². The zero-order valence-electron chi connectivity index (χ0n) is 18.0. The average molecular weight is 519 g/mol. The van der Waals surface area contributed by atoms with Gasteiger partial charge in [-0.25, -0.2) is 4.39 Å². The highest BCUT2D eigenvalue weighted by molar-refractivity contribution is 9.10. The van der Waals surface area contributed by atoms with Crippen LogP contribution >= 0.6 is 15.9 Å². The summed E-state index contributed by atoms with van der Waals surface area (Å²) in [5, 5.41) is 12.1. The van der Waals surface area contributed by atoms with Crippen LogP contribution in [0.1, 0.15) is 22.7 Å². The molecule has 5 nitrogen and oxygen atoms in total. The number of aliphatic hydroxyl groups is 1. The van der Waals surface area contributed by atoms with Crippen LogP contribution in [0.5, 0.6) is 0 Å². The minimum Gasteiger partial charge on any atom is -0.507 e. The van der Waals surface area contributed by atoms with Crippen LogP contribution in [0.15, 0.2) is 89.0 Å². The van der Waals surface area contributed by atoms with Crippen molar-refractivity contribution in [3.8, 4) is 0 Å². The minimum absolute atomic E-state index is 0.00589. The predicted octanol–water partition coefficient (Wildman–Crippen LogP) is 5.73. The number of carbonyl (C=O) groups excluding carboxylic acids is 2. The number of H-pyrrole nitrogens is 1. The number of carbonyl (C=O) groups is 2. The summed E-state index contributed by atoms with van der Waals surface area (Å²) < 4.78 is 14.2.